The summed E-state index contributed by atoms with van der Waals surface area (Å²) in [5.41, 5.74) is 1.50. The first-order chi connectivity index (χ1) is 8.75. The van der Waals surface area contributed by atoms with Gasteiger partial charge in [0.25, 0.3) is 0 Å². The number of hydrogen-bond acceptors (Lipinski definition) is 5. The van der Waals surface area contributed by atoms with Crippen molar-refractivity contribution in [1.82, 2.24) is 15.0 Å². The third-order valence-electron chi connectivity index (χ3n) is 2.42. The monoisotopic (exact) mass is 275 g/mol. The molecule has 6 heteroatoms. The Labute approximate surface area is 111 Å². The summed E-state index contributed by atoms with van der Waals surface area (Å²) in [5, 5.41) is 1.93. The molecule has 0 aliphatic rings. The van der Waals surface area contributed by atoms with Crippen LogP contribution in [0.15, 0.2) is 36.0 Å². The number of pyridine rings is 1. The van der Waals surface area contributed by atoms with Crippen molar-refractivity contribution < 1.29 is 4.79 Å². The molecule has 0 amide bonds. The molecule has 0 aliphatic carbocycles. The highest BCUT2D eigenvalue weighted by atomic mass is 35.5. The normalized spacial score (nSPS) is 10.7. The Morgan fingerprint density at radius 2 is 2.17 bits per heavy atom. The summed E-state index contributed by atoms with van der Waals surface area (Å²) in [6.07, 6.45) is 3.13. The van der Waals surface area contributed by atoms with E-state index in [4.69, 9.17) is 11.6 Å². The van der Waals surface area contributed by atoms with Gasteiger partial charge >= 0.3 is 0 Å². The van der Waals surface area contributed by atoms with Gasteiger partial charge in [-0.05, 0) is 35.2 Å². The number of hydrogen-bond donors (Lipinski definition) is 0. The number of thiophene rings is 1. The van der Waals surface area contributed by atoms with Crippen LogP contribution in [0.4, 0.5) is 0 Å². The highest BCUT2D eigenvalue weighted by molar-refractivity contribution is 7.17. The molecule has 0 unspecified atom stereocenters. The number of nitrogens with zero attached hydrogens (tertiary/aromatic N) is 3. The van der Waals surface area contributed by atoms with Gasteiger partial charge in [-0.25, -0.2) is 9.97 Å². The second-order valence-electron chi connectivity index (χ2n) is 3.55. The van der Waals surface area contributed by atoms with Gasteiger partial charge in [-0.2, -0.15) is 0 Å². The molecule has 0 aliphatic heterocycles. The zero-order chi connectivity index (χ0) is 12.5. The van der Waals surface area contributed by atoms with Gasteiger partial charge in [0, 0.05) is 18.0 Å². The van der Waals surface area contributed by atoms with E-state index in [0.717, 1.165) is 4.70 Å². The van der Waals surface area contributed by atoms with Crippen LogP contribution in [0, 0.1) is 0 Å². The molecular formula is C12H6ClN3OS. The number of carbonyl (C=O) groups excluding carboxylic acids is 1. The van der Waals surface area contributed by atoms with Crippen LogP contribution in [-0.2, 0) is 0 Å². The molecule has 3 heterocycles. The van der Waals surface area contributed by atoms with Gasteiger partial charge in [-0.3, -0.25) is 9.78 Å². The lowest BCUT2D eigenvalue weighted by Crippen LogP contribution is -2.05. The number of ketones is 1. The largest absolute Gasteiger partial charge is 0.287 e. The van der Waals surface area contributed by atoms with E-state index in [-0.39, 0.29) is 11.1 Å². The zero-order valence-corrected chi connectivity index (χ0v) is 10.6. The molecule has 0 N–H and O–H groups in total. The van der Waals surface area contributed by atoms with Gasteiger partial charge in [0.1, 0.15) is 5.69 Å². The van der Waals surface area contributed by atoms with E-state index in [0.29, 0.717) is 16.8 Å². The molecule has 0 saturated carbocycles. The Hall–Kier alpha value is -1.85. The first-order valence-corrected chi connectivity index (χ1v) is 6.37. The van der Waals surface area contributed by atoms with Crippen molar-refractivity contribution in [3.8, 4) is 0 Å². The topological polar surface area (TPSA) is 55.7 Å². The lowest BCUT2D eigenvalue weighted by molar-refractivity contribution is 0.103. The molecule has 0 fully saturated rings. The Balaban J connectivity index is 2.20. The molecule has 0 bridgehead atoms. The van der Waals surface area contributed by atoms with Crippen LogP contribution in [0.25, 0.3) is 10.2 Å². The Morgan fingerprint density at radius 1 is 1.28 bits per heavy atom. The SMILES string of the molecule is O=C(c1cccnc1)c1nc(Cl)nc2ccsc12. The van der Waals surface area contributed by atoms with Crippen molar-refractivity contribution in [2.45, 2.75) is 0 Å². The number of aromatic nitrogens is 3. The summed E-state index contributed by atoms with van der Waals surface area (Å²) in [6, 6.07) is 5.22. The van der Waals surface area contributed by atoms with Crippen molar-refractivity contribution in [1.29, 1.82) is 0 Å². The van der Waals surface area contributed by atoms with E-state index in [2.05, 4.69) is 15.0 Å². The predicted molar refractivity (Wildman–Crippen MR) is 70.1 cm³/mol. The number of halogens is 1. The zero-order valence-electron chi connectivity index (χ0n) is 9.00. The van der Waals surface area contributed by atoms with Crippen LogP contribution < -0.4 is 0 Å². The van der Waals surface area contributed by atoms with Crippen molar-refractivity contribution in [2.75, 3.05) is 0 Å². The number of carbonyl (C=O) groups is 1. The minimum Gasteiger partial charge on any atom is -0.287 e. The average Bonchev–Trinajstić information content (AvgIpc) is 2.86. The maximum Gasteiger partial charge on any atom is 0.223 e. The van der Waals surface area contributed by atoms with E-state index < -0.39 is 0 Å². The third kappa shape index (κ3) is 1.87. The summed E-state index contributed by atoms with van der Waals surface area (Å²) in [4.78, 5) is 24.4. The molecule has 3 rings (SSSR count). The van der Waals surface area contributed by atoms with Crippen molar-refractivity contribution >= 4 is 38.9 Å². The molecule has 0 saturated heterocycles. The Morgan fingerprint density at radius 3 is 2.94 bits per heavy atom. The first kappa shape index (κ1) is 11.3. The summed E-state index contributed by atoms with van der Waals surface area (Å²) in [5.74, 6) is -0.195. The predicted octanol–water partition coefficient (Wildman–Crippen LogP) is 2.97. The fraction of sp³-hybridized carbons (Fsp3) is 0. The van der Waals surface area contributed by atoms with E-state index >= 15 is 0 Å². The first-order valence-electron chi connectivity index (χ1n) is 5.11. The van der Waals surface area contributed by atoms with Crippen LogP contribution in [0.5, 0.6) is 0 Å². The summed E-state index contributed by atoms with van der Waals surface area (Å²) in [7, 11) is 0. The Kier molecular flexibility index (Phi) is 2.77. The fourth-order valence-corrected chi connectivity index (χ4v) is 2.62. The van der Waals surface area contributed by atoms with Crippen LogP contribution in [0.3, 0.4) is 0 Å². The second kappa shape index (κ2) is 4.44. The Bertz CT molecular complexity index is 727. The van der Waals surface area contributed by atoms with Crippen molar-refractivity contribution in [3.63, 3.8) is 0 Å². The molecule has 88 valence electrons. The highest BCUT2D eigenvalue weighted by Crippen LogP contribution is 2.25. The maximum absolute atomic E-state index is 12.3. The number of rotatable bonds is 2. The van der Waals surface area contributed by atoms with Gasteiger partial charge in [-0.15, -0.1) is 11.3 Å². The third-order valence-corrected chi connectivity index (χ3v) is 3.49. The summed E-state index contributed by atoms with van der Waals surface area (Å²) < 4.78 is 0.744. The minimum absolute atomic E-state index is 0.0770. The summed E-state index contributed by atoms with van der Waals surface area (Å²) >= 11 is 7.25. The molecule has 3 aromatic heterocycles. The van der Waals surface area contributed by atoms with E-state index in [1.54, 1.807) is 18.3 Å². The number of fused-ring (bicyclic) bond motifs is 1. The lowest BCUT2D eigenvalue weighted by atomic mass is 10.1. The average molecular weight is 276 g/mol. The van der Waals surface area contributed by atoms with Crippen LogP contribution >= 0.6 is 22.9 Å². The van der Waals surface area contributed by atoms with Gasteiger partial charge in [0.2, 0.25) is 11.1 Å². The van der Waals surface area contributed by atoms with Crippen LogP contribution in [-0.4, -0.2) is 20.7 Å². The molecule has 4 nitrogen and oxygen atoms in total. The van der Waals surface area contributed by atoms with Crippen LogP contribution in [0.2, 0.25) is 5.28 Å². The molecule has 0 aromatic carbocycles. The van der Waals surface area contributed by atoms with Gasteiger partial charge in [0.15, 0.2) is 0 Å². The quantitative estimate of drug-likeness (QED) is 0.533. The molecule has 0 atom stereocenters. The highest BCUT2D eigenvalue weighted by Gasteiger charge is 2.17. The van der Waals surface area contributed by atoms with E-state index in [1.807, 2.05) is 11.4 Å². The standard InChI is InChI=1S/C12H6ClN3OS/c13-12-15-8-3-5-18-11(8)9(16-12)10(17)7-2-1-4-14-6-7/h1-6H. The van der Waals surface area contributed by atoms with E-state index in [1.165, 1.54) is 17.5 Å². The molecule has 3 aromatic rings. The summed E-state index contributed by atoms with van der Waals surface area (Å²) in [6.45, 7) is 0. The smallest absolute Gasteiger partial charge is 0.223 e. The minimum atomic E-state index is -0.195. The van der Waals surface area contributed by atoms with Gasteiger partial charge < -0.3 is 0 Å². The molecular weight excluding hydrogens is 270 g/mol. The molecule has 18 heavy (non-hydrogen) atoms. The van der Waals surface area contributed by atoms with Crippen molar-refractivity contribution in [2.24, 2.45) is 0 Å². The molecule has 0 radical (unpaired) electrons. The van der Waals surface area contributed by atoms with Crippen molar-refractivity contribution in [3.05, 3.63) is 52.5 Å². The lowest BCUT2D eigenvalue weighted by Gasteiger charge is -2.01. The fourth-order valence-electron chi connectivity index (χ4n) is 1.62. The van der Waals surface area contributed by atoms with Gasteiger partial charge in [-0.1, -0.05) is 0 Å². The second-order valence-corrected chi connectivity index (χ2v) is 4.80. The van der Waals surface area contributed by atoms with Crippen LogP contribution in [0.1, 0.15) is 16.1 Å². The molecule has 0 spiro atoms. The maximum atomic E-state index is 12.3. The van der Waals surface area contributed by atoms with E-state index in [9.17, 15) is 4.79 Å². The van der Waals surface area contributed by atoms with Gasteiger partial charge in [0.05, 0.1) is 10.2 Å².